The molecule has 1 amide bonds. The fourth-order valence-corrected chi connectivity index (χ4v) is 3.77. The second-order valence-electron chi connectivity index (χ2n) is 5.29. The van der Waals surface area contributed by atoms with Gasteiger partial charge in [-0.1, -0.05) is 12.1 Å². The van der Waals surface area contributed by atoms with Crippen LogP contribution in [0.25, 0.3) is 0 Å². The molecule has 0 unspecified atom stereocenters. The first-order valence-electron chi connectivity index (χ1n) is 7.06. The number of nitrogens with zero attached hydrogens (tertiary/aromatic N) is 1. The number of sulfonamides is 1. The molecule has 23 heavy (non-hydrogen) atoms. The van der Waals surface area contributed by atoms with Crippen molar-refractivity contribution < 1.29 is 17.6 Å². The van der Waals surface area contributed by atoms with Crippen molar-refractivity contribution in [1.82, 2.24) is 0 Å². The Morgan fingerprint density at radius 1 is 1.13 bits per heavy atom. The molecule has 0 saturated heterocycles. The predicted octanol–water partition coefficient (Wildman–Crippen LogP) is 2.54. The van der Waals surface area contributed by atoms with E-state index >= 15 is 0 Å². The zero-order chi connectivity index (χ0) is 16.6. The lowest BCUT2D eigenvalue weighted by Crippen LogP contribution is -2.28. The number of nitrogens with one attached hydrogen (secondary N) is 1. The van der Waals surface area contributed by atoms with Gasteiger partial charge in [0.15, 0.2) is 0 Å². The minimum atomic E-state index is -3.88. The van der Waals surface area contributed by atoms with Gasteiger partial charge in [-0.3, -0.25) is 9.10 Å². The van der Waals surface area contributed by atoms with Gasteiger partial charge in [-0.25, -0.2) is 12.8 Å². The van der Waals surface area contributed by atoms with Crippen LogP contribution >= 0.6 is 0 Å². The number of halogens is 1. The van der Waals surface area contributed by atoms with Crippen molar-refractivity contribution >= 4 is 27.3 Å². The van der Waals surface area contributed by atoms with Crippen molar-refractivity contribution in [3.05, 3.63) is 53.8 Å². The van der Waals surface area contributed by atoms with Crippen molar-refractivity contribution in [2.75, 3.05) is 16.7 Å². The van der Waals surface area contributed by atoms with Crippen LogP contribution in [0.5, 0.6) is 0 Å². The molecule has 0 aliphatic carbocycles. The highest BCUT2D eigenvalue weighted by Gasteiger charge is 2.25. The summed E-state index contributed by atoms with van der Waals surface area (Å²) in [6.45, 7) is 0. The zero-order valence-corrected chi connectivity index (χ0v) is 13.2. The molecular formula is C16H15FN2O3S. The lowest BCUT2D eigenvalue weighted by molar-refractivity contribution is -0.116. The average Bonchev–Trinajstić information content (AvgIpc) is 2.54. The predicted molar refractivity (Wildman–Crippen MR) is 85.4 cm³/mol. The molecular weight excluding hydrogens is 319 g/mol. The van der Waals surface area contributed by atoms with E-state index in [9.17, 15) is 17.6 Å². The van der Waals surface area contributed by atoms with E-state index in [-0.39, 0.29) is 16.5 Å². The summed E-state index contributed by atoms with van der Waals surface area (Å²) in [4.78, 5) is 11.4. The summed E-state index contributed by atoms with van der Waals surface area (Å²) in [6, 6.07) is 10.2. The van der Waals surface area contributed by atoms with Gasteiger partial charge in [0.1, 0.15) is 5.82 Å². The van der Waals surface area contributed by atoms with Crippen molar-refractivity contribution in [1.29, 1.82) is 0 Å². The molecule has 7 heteroatoms. The number of benzene rings is 2. The standard InChI is InChI=1S/C16H15FN2O3S/c1-19(15-5-3-2-4-13(15)17)23(21,22)12-7-8-14-11(10-12)6-9-16(20)18-14/h2-5,7-8,10H,6,9H2,1H3,(H,18,20). The Kier molecular flexibility index (Phi) is 3.81. The van der Waals surface area contributed by atoms with Crippen LogP contribution in [0.4, 0.5) is 15.8 Å². The summed E-state index contributed by atoms with van der Waals surface area (Å²) in [5, 5.41) is 2.70. The number of amides is 1. The lowest BCUT2D eigenvalue weighted by Gasteiger charge is -2.22. The van der Waals surface area contributed by atoms with E-state index in [1.807, 2.05) is 0 Å². The molecule has 1 N–H and O–H groups in total. The topological polar surface area (TPSA) is 66.5 Å². The first-order chi connectivity index (χ1) is 10.9. The Hall–Kier alpha value is -2.41. The monoisotopic (exact) mass is 334 g/mol. The summed E-state index contributed by atoms with van der Waals surface area (Å²) in [5.74, 6) is -0.694. The molecule has 3 rings (SSSR count). The van der Waals surface area contributed by atoms with E-state index in [0.717, 1.165) is 9.87 Å². The van der Waals surface area contributed by atoms with E-state index < -0.39 is 15.8 Å². The normalized spacial score (nSPS) is 14.1. The summed E-state index contributed by atoms with van der Waals surface area (Å²) in [5.41, 5.74) is 1.36. The summed E-state index contributed by atoms with van der Waals surface area (Å²) < 4.78 is 40.2. The van der Waals surface area contributed by atoms with Crippen LogP contribution in [0.3, 0.4) is 0 Å². The molecule has 2 aromatic carbocycles. The maximum atomic E-state index is 13.8. The molecule has 0 fully saturated rings. The minimum Gasteiger partial charge on any atom is -0.326 e. The fourth-order valence-electron chi connectivity index (χ4n) is 2.51. The third-order valence-electron chi connectivity index (χ3n) is 3.82. The van der Waals surface area contributed by atoms with Crippen LogP contribution in [0.2, 0.25) is 0 Å². The number of para-hydroxylation sites is 1. The molecule has 1 heterocycles. The van der Waals surface area contributed by atoms with E-state index in [2.05, 4.69) is 5.32 Å². The van der Waals surface area contributed by atoms with Gasteiger partial charge in [0.2, 0.25) is 5.91 Å². The number of aryl methyl sites for hydroxylation is 1. The summed E-state index contributed by atoms with van der Waals surface area (Å²) in [6.07, 6.45) is 0.799. The van der Waals surface area contributed by atoms with Gasteiger partial charge >= 0.3 is 0 Å². The van der Waals surface area contributed by atoms with Crippen molar-refractivity contribution in [3.63, 3.8) is 0 Å². The van der Waals surface area contributed by atoms with Gasteiger partial charge in [0, 0.05) is 19.2 Å². The third-order valence-corrected chi connectivity index (χ3v) is 5.59. The molecule has 0 spiro atoms. The largest absolute Gasteiger partial charge is 0.326 e. The molecule has 0 bridgehead atoms. The second kappa shape index (κ2) is 5.66. The minimum absolute atomic E-state index is 0.0153. The van der Waals surface area contributed by atoms with Crippen molar-refractivity contribution in [2.45, 2.75) is 17.7 Å². The number of carbonyl (C=O) groups excluding carboxylic acids is 1. The number of fused-ring (bicyclic) bond motifs is 1. The van der Waals surface area contributed by atoms with Crippen LogP contribution in [0.1, 0.15) is 12.0 Å². The Balaban J connectivity index is 2.00. The number of hydrogen-bond acceptors (Lipinski definition) is 3. The van der Waals surface area contributed by atoms with Gasteiger partial charge < -0.3 is 5.32 Å². The van der Waals surface area contributed by atoms with E-state index in [0.29, 0.717) is 18.5 Å². The zero-order valence-electron chi connectivity index (χ0n) is 12.4. The van der Waals surface area contributed by atoms with Gasteiger partial charge in [-0.15, -0.1) is 0 Å². The number of rotatable bonds is 3. The van der Waals surface area contributed by atoms with Crippen LogP contribution in [0.15, 0.2) is 47.4 Å². The molecule has 0 saturated carbocycles. The first-order valence-corrected chi connectivity index (χ1v) is 8.50. The van der Waals surface area contributed by atoms with Crippen molar-refractivity contribution in [3.8, 4) is 0 Å². The van der Waals surface area contributed by atoms with Gasteiger partial charge in [-0.05, 0) is 42.3 Å². The fraction of sp³-hybridized carbons (Fsp3) is 0.188. The molecule has 0 radical (unpaired) electrons. The van der Waals surface area contributed by atoms with Crippen LogP contribution in [0, 0.1) is 5.82 Å². The SMILES string of the molecule is CN(c1ccccc1F)S(=O)(=O)c1ccc2c(c1)CCC(=O)N2. The number of anilines is 2. The molecule has 120 valence electrons. The summed E-state index contributed by atoms with van der Waals surface area (Å²) in [7, 11) is -2.57. The first kappa shape index (κ1) is 15.5. The smallest absolute Gasteiger partial charge is 0.264 e. The molecule has 2 aromatic rings. The summed E-state index contributed by atoms with van der Waals surface area (Å²) >= 11 is 0. The average molecular weight is 334 g/mol. The highest BCUT2D eigenvalue weighted by Crippen LogP contribution is 2.29. The van der Waals surface area contributed by atoms with Gasteiger partial charge in [0.05, 0.1) is 10.6 Å². The molecule has 0 aromatic heterocycles. The Morgan fingerprint density at radius 3 is 2.61 bits per heavy atom. The Labute approximate surface area is 133 Å². The highest BCUT2D eigenvalue weighted by atomic mass is 32.2. The molecule has 1 aliphatic heterocycles. The highest BCUT2D eigenvalue weighted by molar-refractivity contribution is 7.92. The Bertz CT molecular complexity index is 881. The molecule has 1 aliphatic rings. The van der Waals surface area contributed by atoms with Crippen molar-refractivity contribution in [2.24, 2.45) is 0 Å². The lowest BCUT2D eigenvalue weighted by atomic mass is 10.0. The molecule has 5 nitrogen and oxygen atoms in total. The van der Waals surface area contributed by atoms with Crippen LogP contribution in [-0.4, -0.2) is 21.4 Å². The van der Waals surface area contributed by atoms with Gasteiger partial charge in [-0.2, -0.15) is 0 Å². The van der Waals surface area contributed by atoms with Crippen LogP contribution < -0.4 is 9.62 Å². The van der Waals surface area contributed by atoms with E-state index in [4.69, 9.17) is 0 Å². The van der Waals surface area contributed by atoms with Crippen LogP contribution in [-0.2, 0) is 21.2 Å². The quantitative estimate of drug-likeness (QED) is 0.938. The van der Waals surface area contributed by atoms with E-state index in [1.165, 1.54) is 37.4 Å². The van der Waals surface area contributed by atoms with E-state index in [1.54, 1.807) is 12.1 Å². The maximum absolute atomic E-state index is 13.8. The number of carbonyl (C=O) groups is 1. The second-order valence-corrected chi connectivity index (χ2v) is 7.26. The molecule has 0 atom stereocenters. The maximum Gasteiger partial charge on any atom is 0.264 e. The van der Waals surface area contributed by atoms with Gasteiger partial charge in [0.25, 0.3) is 10.0 Å². The Morgan fingerprint density at radius 2 is 1.87 bits per heavy atom. The number of hydrogen-bond donors (Lipinski definition) is 1. The third kappa shape index (κ3) is 2.79.